The van der Waals surface area contributed by atoms with Crippen LogP contribution in [0.25, 0.3) is 0 Å². The second kappa shape index (κ2) is 12.2. The molecular formula is C6H14Ca3O7. The average molecular weight is 318 g/mol. The van der Waals surface area contributed by atoms with E-state index in [0.29, 0.717) is 0 Å². The van der Waals surface area contributed by atoms with Crippen LogP contribution in [0.5, 0.6) is 0 Å². The van der Waals surface area contributed by atoms with Crippen LogP contribution < -0.4 is 0 Å². The summed E-state index contributed by atoms with van der Waals surface area (Å²) in [4.78, 5) is 30.5. The van der Waals surface area contributed by atoms with Crippen molar-refractivity contribution in [2.24, 2.45) is 0 Å². The van der Waals surface area contributed by atoms with Crippen LogP contribution in [-0.4, -0.2) is 157 Å². The van der Waals surface area contributed by atoms with Gasteiger partial charge >= 0.3 is 131 Å². The Labute approximate surface area is 181 Å². The van der Waals surface area contributed by atoms with Crippen LogP contribution in [0, 0.1) is 0 Å². The molecule has 0 spiro atoms. The van der Waals surface area contributed by atoms with Gasteiger partial charge in [-0.1, -0.05) is 0 Å². The van der Waals surface area contributed by atoms with Crippen molar-refractivity contribution in [3.05, 3.63) is 0 Å². The van der Waals surface area contributed by atoms with E-state index >= 15 is 0 Å². The van der Waals surface area contributed by atoms with Crippen molar-refractivity contribution < 1.29 is 34.8 Å². The molecule has 0 saturated carbocycles. The molecule has 4 N–H and O–H groups in total. The Kier molecular flexibility index (Phi) is 20.3. The van der Waals surface area contributed by atoms with Gasteiger partial charge in [-0.05, 0) is 0 Å². The van der Waals surface area contributed by atoms with Crippen LogP contribution >= 0.6 is 0 Å². The van der Waals surface area contributed by atoms with E-state index in [1.54, 1.807) is 0 Å². The summed E-state index contributed by atoms with van der Waals surface area (Å²) in [5.74, 6) is -5.02. The van der Waals surface area contributed by atoms with E-state index < -0.39 is 36.4 Å². The van der Waals surface area contributed by atoms with Crippen LogP contribution in [0.2, 0.25) is 0 Å². The van der Waals surface area contributed by atoms with E-state index in [1.807, 2.05) is 0 Å². The van der Waals surface area contributed by atoms with Gasteiger partial charge in [0, 0.05) is 0 Å². The normalized spacial score (nSPS) is 8.81. The van der Waals surface area contributed by atoms with Crippen LogP contribution in [-0.2, 0) is 14.4 Å². The Morgan fingerprint density at radius 3 is 1.19 bits per heavy atom. The standard InChI is InChI=1S/C6H8O7.3Ca.6H/c7-3(8)1-6(13,5(11)12)2-4(9)10;;;;;;;;;/h13H,1-2H2,(H,7,8)(H,9,10)(H,11,12);;;;;;;;;. The summed E-state index contributed by atoms with van der Waals surface area (Å²) >= 11 is 0. The zero-order valence-electron chi connectivity index (χ0n) is 6.43. The van der Waals surface area contributed by atoms with Crippen molar-refractivity contribution >= 4 is 131 Å². The summed E-state index contributed by atoms with van der Waals surface area (Å²) in [5.41, 5.74) is -2.74. The average Bonchev–Trinajstić information content (AvgIpc) is 1.82. The monoisotopic (exact) mass is 318 g/mol. The van der Waals surface area contributed by atoms with Gasteiger partial charge in [0.05, 0.1) is 12.8 Å². The molecule has 16 heavy (non-hydrogen) atoms. The summed E-state index contributed by atoms with van der Waals surface area (Å²) in [5, 5.41) is 33.8. The molecule has 0 unspecified atom stereocenters. The van der Waals surface area contributed by atoms with Gasteiger partial charge in [-0.15, -0.1) is 0 Å². The molecule has 10 heteroatoms. The van der Waals surface area contributed by atoms with E-state index in [2.05, 4.69) is 0 Å². The number of carboxylic acids is 3. The summed E-state index contributed by atoms with van der Waals surface area (Å²) < 4.78 is 0. The summed E-state index contributed by atoms with van der Waals surface area (Å²) in [6, 6.07) is 0. The summed E-state index contributed by atoms with van der Waals surface area (Å²) in [6.07, 6.45) is -2.29. The fourth-order valence-electron chi connectivity index (χ4n) is 0.714. The third kappa shape index (κ3) is 11.3. The molecule has 0 amide bonds. The minimum atomic E-state index is -2.74. The first-order valence-electron chi connectivity index (χ1n) is 3.17. The van der Waals surface area contributed by atoms with Crippen molar-refractivity contribution in [1.29, 1.82) is 0 Å². The maximum absolute atomic E-state index is 10.3. The molecule has 0 aliphatic carbocycles. The Balaban J connectivity index is -0.000000240. The molecule has 0 aromatic carbocycles. The molecule has 0 heterocycles. The van der Waals surface area contributed by atoms with E-state index in [4.69, 9.17) is 20.4 Å². The second-order valence-corrected chi connectivity index (χ2v) is 2.48. The van der Waals surface area contributed by atoms with Gasteiger partial charge in [0.2, 0.25) is 0 Å². The van der Waals surface area contributed by atoms with E-state index in [-0.39, 0.29) is 113 Å². The molecule has 0 aromatic rings. The number of aliphatic hydroxyl groups is 1. The predicted molar refractivity (Wildman–Crippen MR) is 62.7 cm³/mol. The molecule has 7 nitrogen and oxygen atoms in total. The van der Waals surface area contributed by atoms with E-state index in [0.717, 1.165) is 0 Å². The van der Waals surface area contributed by atoms with Crippen LogP contribution in [0.15, 0.2) is 0 Å². The van der Waals surface area contributed by atoms with E-state index in [9.17, 15) is 14.4 Å². The number of hydrogen-bond acceptors (Lipinski definition) is 4. The second-order valence-electron chi connectivity index (χ2n) is 2.48. The Morgan fingerprint density at radius 2 is 1.06 bits per heavy atom. The Bertz CT molecular complexity index is 239. The SMILES string of the molecule is O=C(O)CC(O)(CC(=O)O)C(=O)O.[CaH2].[CaH2].[CaH2]. The van der Waals surface area contributed by atoms with Crippen LogP contribution in [0.4, 0.5) is 0 Å². The van der Waals surface area contributed by atoms with Gasteiger partial charge in [0.25, 0.3) is 0 Å². The van der Waals surface area contributed by atoms with Crippen molar-refractivity contribution in [2.45, 2.75) is 18.4 Å². The van der Waals surface area contributed by atoms with Crippen molar-refractivity contribution in [1.82, 2.24) is 0 Å². The third-order valence-electron chi connectivity index (χ3n) is 1.29. The van der Waals surface area contributed by atoms with Crippen molar-refractivity contribution in [3.63, 3.8) is 0 Å². The first-order valence-corrected chi connectivity index (χ1v) is 3.17. The predicted octanol–water partition coefficient (Wildman–Crippen LogP) is -4.00. The summed E-state index contributed by atoms with van der Waals surface area (Å²) in [6.45, 7) is 0. The van der Waals surface area contributed by atoms with Crippen molar-refractivity contribution in [2.75, 3.05) is 0 Å². The number of carbonyl (C=O) groups is 3. The topological polar surface area (TPSA) is 132 Å². The molecule has 0 fully saturated rings. The van der Waals surface area contributed by atoms with E-state index in [1.165, 1.54) is 0 Å². The Morgan fingerprint density at radius 1 is 0.812 bits per heavy atom. The van der Waals surface area contributed by atoms with Gasteiger partial charge in [0.1, 0.15) is 0 Å². The van der Waals surface area contributed by atoms with Crippen LogP contribution in [0.3, 0.4) is 0 Å². The molecule has 0 rings (SSSR count). The molecule has 0 aliphatic rings. The first kappa shape index (κ1) is 26.7. The molecule has 0 bridgehead atoms. The first-order chi connectivity index (χ1) is 5.78. The Hall–Kier alpha value is 2.15. The maximum atomic E-state index is 10.3. The van der Waals surface area contributed by atoms with Gasteiger partial charge in [-0.3, -0.25) is 9.59 Å². The fraction of sp³-hybridized carbons (Fsp3) is 0.500. The van der Waals surface area contributed by atoms with Crippen molar-refractivity contribution in [3.8, 4) is 0 Å². The third-order valence-corrected chi connectivity index (χ3v) is 1.29. The minimum absolute atomic E-state index is 0. The van der Waals surface area contributed by atoms with Gasteiger partial charge in [0.15, 0.2) is 5.60 Å². The summed E-state index contributed by atoms with van der Waals surface area (Å²) in [7, 11) is 0. The van der Waals surface area contributed by atoms with Gasteiger partial charge in [-0.2, -0.15) is 0 Å². The fourth-order valence-corrected chi connectivity index (χ4v) is 0.714. The van der Waals surface area contributed by atoms with Crippen LogP contribution in [0.1, 0.15) is 12.8 Å². The molecule has 86 valence electrons. The molecule has 0 atom stereocenters. The number of hydrogen-bond donors (Lipinski definition) is 4. The number of rotatable bonds is 5. The quantitative estimate of drug-likeness (QED) is 0.380. The number of carboxylic acid groups (broad SMARTS) is 3. The number of aliphatic carboxylic acids is 3. The van der Waals surface area contributed by atoms with Gasteiger partial charge in [-0.25, -0.2) is 4.79 Å². The zero-order chi connectivity index (χ0) is 10.6. The molecule has 0 aliphatic heterocycles. The van der Waals surface area contributed by atoms with Gasteiger partial charge < -0.3 is 20.4 Å². The molecule has 0 radical (unpaired) electrons. The zero-order valence-corrected chi connectivity index (χ0v) is 6.43. The molecule has 0 saturated heterocycles. The molecular weight excluding hydrogens is 304 g/mol. The molecule has 0 aromatic heterocycles.